The predicted octanol–water partition coefficient (Wildman–Crippen LogP) is 3.50. The summed E-state index contributed by atoms with van der Waals surface area (Å²) in [7, 11) is -2.01. The molecule has 1 amide bonds. The normalized spacial score (nSPS) is 12.5. The van der Waals surface area contributed by atoms with Crippen LogP contribution in [0, 0.1) is 20.8 Å². The molecule has 1 atom stereocenters. The Balaban J connectivity index is 2.33. The number of nitrogens with zero attached hydrogens (tertiary/aromatic N) is 1. The number of carbonyl (C=O) groups excluding carboxylic acids is 1. The fourth-order valence-corrected chi connectivity index (χ4v) is 3.44. The second-order valence-electron chi connectivity index (χ2n) is 6.74. The highest BCUT2D eigenvalue weighted by atomic mass is 32.2. The van der Waals surface area contributed by atoms with Crippen LogP contribution in [0.2, 0.25) is 0 Å². The molecule has 0 spiro atoms. The van der Waals surface area contributed by atoms with Gasteiger partial charge in [0.15, 0.2) is 0 Å². The van der Waals surface area contributed by atoms with E-state index in [-0.39, 0.29) is 11.9 Å². The smallest absolute Gasteiger partial charge is 0.253 e. The van der Waals surface area contributed by atoms with Crippen molar-refractivity contribution in [1.29, 1.82) is 0 Å². The number of amides is 1. The van der Waals surface area contributed by atoms with Crippen molar-refractivity contribution in [3.63, 3.8) is 0 Å². The largest absolute Gasteiger partial charge is 0.345 e. The van der Waals surface area contributed by atoms with E-state index < -0.39 is 10.0 Å². The fourth-order valence-electron chi connectivity index (χ4n) is 2.92. The number of nitrogens with one attached hydrogen (secondary N) is 1. The van der Waals surface area contributed by atoms with Crippen molar-refractivity contribution in [2.45, 2.75) is 33.7 Å². The van der Waals surface area contributed by atoms with Gasteiger partial charge >= 0.3 is 0 Å². The summed E-state index contributed by atoms with van der Waals surface area (Å²) >= 11 is 0. The van der Waals surface area contributed by atoms with Crippen molar-refractivity contribution in [1.82, 2.24) is 5.32 Å². The Bertz CT molecular complexity index is 936. The number of para-hydroxylation sites is 1. The van der Waals surface area contributed by atoms with Crippen LogP contribution >= 0.6 is 0 Å². The summed E-state index contributed by atoms with van der Waals surface area (Å²) in [4.78, 5) is 12.8. The molecule has 0 bridgehead atoms. The van der Waals surface area contributed by atoms with Gasteiger partial charge in [0.25, 0.3) is 5.91 Å². The number of hydrogen-bond acceptors (Lipinski definition) is 3. The second kappa shape index (κ2) is 7.50. The maximum atomic E-state index is 12.8. The number of anilines is 1. The molecule has 2 rings (SSSR count). The van der Waals surface area contributed by atoms with Crippen LogP contribution in [0.5, 0.6) is 0 Å². The number of sulfonamides is 1. The van der Waals surface area contributed by atoms with Crippen molar-refractivity contribution in [2.75, 3.05) is 17.6 Å². The van der Waals surface area contributed by atoms with E-state index in [1.807, 2.05) is 20.8 Å². The molecule has 0 aromatic heterocycles. The van der Waals surface area contributed by atoms with E-state index in [1.54, 1.807) is 24.3 Å². The summed E-state index contributed by atoms with van der Waals surface area (Å²) in [6.07, 6.45) is 1.11. The lowest BCUT2D eigenvalue weighted by molar-refractivity contribution is 0.0940. The molecule has 0 unspecified atom stereocenters. The highest BCUT2D eigenvalue weighted by Crippen LogP contribution is 2.25. The van der Waals surface area contributed by atoms with Crippen LogP contribution < -0.4 is 9.62 Å². The predicted molar refractivity (Wildman–Crippen MR) is 106 cm³/mol. The molecule has 26 heavy (non-hydrogen) atoms. The Kier molecular flexibility index (Phi) is 5.76. The Labute approximate surface area is 156 Å². The lowest BCUT2D eigenvalue weighted by atomic mass is 9.96. The Morgan fingerprint density at radius 2 is 1.62 bits per heavy atom. The monoisotopic (exact) mass is 374 g/mol. The molecule has 2 aromatic rings. The molecule has 0 heterocycles. The summed E-state index contributed by atoms with van der Waals surface area (Å²) in [5.74, 6) is -0.304. The lowest BCUT2D eigenvalue weighted by Crippen LogP contribution is -2.31. The van der Waals surface area contributed by atoms with E-state index in [0.717, 1.165) is 21.7 Å². The summed E-state index contributed by atoms with van der Waals surface area (Å²) in [6.45, 7) is 8.06. The van der Waals surface area contributed by atoms with Crippen LogP contribution in [-0.2, 0) is 10.0 Å². The quantitative estimate of drug-likeness (QED) is 0.871. The van der Waals surface area contributed by atoms with Gasteiger partial charge in [0.05, 0.1) is 23.5 Å². The van der Waals surface area contributed by atoms with Gasteiger partial charge in [-0.15, -0.1) is 0 Å². The molecular formula is C20H26N2O3S. The first-order chi connectivity index (χ1) is 12.0. The molecule has 2 aromatic carbocycles. The van der Waals surface area contributed by atoms with Gasteiger partial charge in [-0.25, -0.2) is 8.42 Å². The molecule has 0 radical (unpaired) electrons. The Morgan fingerprint density at radius 3 is 2.23 bits per heavy atom. The van der Waals surface area contributed by atoms with E-state index in [2.05, 4.69) is 24.4 Å². The first-order valence-corrected chi connectivity index (χ1v) is 10.3. The van der Waals surface area contributed by atoms with Gasteiger partial charge in [-0.2, -0.15) is 0 Å². The van der Waals surface area contributed by atoms with Gasteiger partial charge in [-0.1, -0.05) is 24.3 Å². The highest BCUT2D eigenvalue weighted by Gasteiger charge is 2.21. The van der Waals surface area contributed by atoms with Crippen LogP contribution in [0.15, 0.2) is 36.4 Å². The zero-order chi connectivity index (χ0) is 19.6. The highest BCUT2D eigenvalue weighted by molar-refractivity contribution is 7.92. The van der Waals surface area contributed by atoms with Crippen molar-refractivity contribution in [3.05, 3.63) is 64.2 Å². The minimum absolute atomic E-state index is 0.196. The van der Waals surface area contributed by atoms with E-state index in [0.29, 0.717) is 11.3 Å². The number of hydrogen-bond donors (Lipinski definition) is 1. The average molecular weight is 375 g/mol. The second-order valence-corrected chi connectivity index (χ2v) is 8.75. The van der Waals surface area contributed by atoms with E-state index >= 15 is 0 Å². The van der Waals surface area contributed by atoms with Crippen molar-refractivity contribution in [2.24, 2.45) is 0 Å². The molecular weight excluding hydrogens is 348 g/mol. The van der Waals surface area contributed by atoms with Crippen LogP contribution in [0.3, 0.4) is 0 Å². The Hall–Kier alpha value is -2.34. The molecule has 0 aliphatic heterocycles. The first-order valence-electron chi connectivity index (χ1n) is 8.44. The maximum absolute atomic E-state index is 12.8. The van der Waals surface area contributed by atoms with Gasteiger partial charge in [-0.3, -0.25) is 9.10 Å². The van der Waals surface area contributed by atoms with Crippen molar-refractivity contribution < 1.29 is 13.2 Å². The molecule has 6 heteroatoms. The number of benzene rings is 2. The van der Waals surface area contributed by atoms with Crippen LogP contribution in [0.1, 0.15) is 45.6 Å². The Morgan fingerprint density at radius 1 is 1.04 bits per heavy atom. The van der Waals surface area contributed by atoms with Gasteiger partial charge < -0.3 is 5.32 Å². The van der Waals surface area contributed by atoms with E-state index in [4.69, 9.17) is 0 Å². The molecule has 1 N–H and O–H groups in total. The van der Waals surface area contributed by atoms with Crippen LogP contribution in [0.4, 0.5) is 5.69 Å². The van der Waals surface area contributed by atoms with Crippen LogP contribution in [0.25, 0.3) is 0 Å². The lowest BCUT2D eigenvalue weighted by Gasteiger charge is -2.22. The standard InChI is InChI=1S/C20H26N2O3S/c1-13-11-15(3)18(12-14(13)2)16(4)21-20(23)17-9-7-8-10-19(17)22(5)26(6,24)25/h7-12,16H,1-6H3,(H,21,23)/t16-/m0/s1. The third-order valence-corrected chi connectivity index (χ3v) is 5.87. The number of rotatable bonds is 5. The zero-order valence-electron chi connectivity index (χ0n) is 16.1. The van der Waals surface area contributed by atoms with Crippen LogP contribution in [-0.4, -0.2) is 27.6 Å². The molecule has 0 aliphatic carbocycles. The first kappa shape index (κ1) is 20.0. The summed E-state index contributed by atoms with van der Waals surface area (Å²) in [5.41, 5.74) is 5.23. The van der Waals surface area contributed by atoms with E-state index in [1.165, 1.54) is 18.2 Å². The zero-order valence-corrected chi connectivity index (χ0v) is 16.9. The van der Waals surface area contributed by atoms with Gasteiger partial charge in [0.1, 0.15) is 0 Å². The fraction of sp³-hybridized carbons (Fsp3) is 0.350. The maximum Gasteiger partial charge on any atom is 0.253 e. The van der Waals surface area contributed by atoms with Crippen molar-refractivity contribution in [3.8, 4) is 0 Å². The minimum atomic E-state index is -3.46. The summed E-state index contributed by atoms with van der Waals surface area (Å²) < 4.78 is 24.8. The molecule has 5 nitrogen and oxygen atoms in total. The van der Waals surface area contributed by atoms with Gasteiger partial charge in [0.2, 0.25) is 10.0 Å². The molecule has 0 aliphatic rings. The molecule has 0 saturated carbocycles. The number of carbonyl (C=O) groups is 1. The third-order valence-electron chi connectivity index (χ3n) is 4.68. The molecule has 0 fully saturated rings. The summed E-state index contributed by atoms with van der Waals surface area (Å²) in [6, 6.07) is 10.7. The summed E-state index contributed by atoms with van der Waals surface area (Å²) in [5, 5.41) is 2.99. The average Bonchev–Trinajstić information content (AvgIpc) is 2.56. The minimum Gasteiger partial charge on any atom is -0.345 e. The van der Waals surface area contributed by atoms with E-state index in [9.17, 15) is 13.2 Å². The van der Waals surface area contributed by atoms with Crippen molar-refractivity contribution >= 4 is 21.6 Å². The molecule has 0 saturated heterocycles. The molecule has 140 valence electrons. The topological polar surface area (TPSA) is 66.5 Å². The number of aryl methyl sites for hydroxylation is 3. The van der Waals surface area contributed by atoms with Gasteiger partial charge in [-0.05, 0) is 62.1 Å². The third kappa shape index (κ3) is 4.25. The van der Waals surface area contributed by atoms with Gasteiger partial charge in [0, 0.05) is 7.05 Å². The SMILES string of the molecule is Cc1cc(C)c([C@H](C)NC(=O)c2ccccc2N(C)S(C)(=O)=O)cc1C.